The Morgan fingerprint density at radius 1 is 1.18 bits per heavy atom. The van der Waals surface area contributed by atoms with E-state index in [9.17, 15) is 27.5 Å². The van der Waals surface area contributed by atoms with Crippen LogP contribution in [0.15, 0.2) is 18.2 Å². The summed E-state index contributed by atoms with van der Waals surface area (Å²) >= 11 is 0. The highest BCUT2D eigenvalue weighted by Gasteiger charge is 2.36. The van der Waals surface area contributed by atoms with Crippen molar-refractivity contribution in [3.63, 3.8) is 0 Å². The number of sulfonamides is 1. The summed E-state index contributed by atoms with van der Waals surface area (Å²) in [6.07, 6.45) is 3.40. The minimum Gasteiger partial charge on any atom is -0.490 e. The number of amides is 3. The van der Waals surface area contributed by atoms with Crippen molar-refractivity contribution >= 4 is 22.0 Å². The molecule has 1 aromatic carbocycles. The number of rotatable bonds is 13. The van der Waals surface area contributed by atoms with E-state index in [-0.39, 0.29) is 24.0 Å². The first-order chi connectivity index (χ1) is 16.2. The fourth-order valence-electron chi connectivity index (χ4n) is 3.90. The second kappa shape index (κ2) is 10.5. The van der Waals surface area contributed by atoms with Crippen LogP contribution in [0.2, 0.25) is 0 Å². The number of imide groups is 1. The maximum Gasteiger partial charge on any atom is 0.323 e. The van der Waals surface area contributed by atoms with Gasteiger partial charge >= 0.3 is 6.03 Å². The van der Waals surface area contributed by atoms with E-state index in [4.69, 9.17) is 4.74 Å². The number of halogens is 1. The van der Waals surface area contributed by atoms with Crippen LogP contribution in [0.4, 0.5) is 9.18 Å². The van der Waals surface area contributed by atoms with Gasteiger partial charge in [-0.15, -0.1) is 0 Å². The van der Waals surface area contributed by atoms with Gasteiger partial charge < -0.3 is 20.5 Å². The quantitative estimate of drug-likeness (QED) is 0.254. The summed E-state index contributed by atoms with van der Waals surface area (Å²) in [4.78, 5) is 22.9. The van der Waals surface area contributed by atoms with Crippen LogP contribution in [0.3, 0.4) is 0 Å². The Labute approximate surface area is 198 Å². The van der Waals surface area contributed by atoms with E-state index >= 15 is 0 Å². The third-order valence-corrected chi connectivity index (χ3v) is 7.64. The molecule has 0 radical (unpaired) electrons. The standard InChI is InChI=1S/C22H31FN4O6S/c23-16-8-7-15(11-17(16)33-12-13-3-4-13)18(14-5-6-14)27-34(31,32)10-2-1-9-24-19-20(28)25-22(30)26-21(19)29/h7-8,11,13-14,18-20,24,27-28H,1-6,9-10,12H2,(H2,25,26,29,30)/t18-,19?,20?/m1/s1. The van der Waals surface area contributed by atoms with Gasteiger partial charge in [-0.1, -0.05) is 6.07 Å². The number of urea groups is 1. The molecule has 5 N–H and O–H groups in total. The van der Waals surface area contributed by atoms with E-state index in [1.165, 1.54) is 6.07 Å². The van der Waals surface area contributed by atoms with Gasteiger partial charge in [0.1, 0.15) is 6.04 Å². The molecule has 12 heteroatoms. The van der Waals surface area contributed by atoms with Crippen molar-refractivity contribution in [2.75, 3.05) is 18.9 Å². The lowest BCUT2D eigenvalue weighted by Crippen LogP contribution is -2.65. The van der Waals surface area contributed by atoms with E-state index in [1.54, 1.807) is 12.1 Å². The largest absolute Gasteiger partial charge is 0.490 e. The number of aliphatic hydroxyl groups is 1. The second-order valence-corrected chi connectivity index (χ2v) is 11.1. The monoisotopic (exact) mass is 498 g/mol. The number of ether oxygens (including phenoxy) is 1. The topological polar surface area (TPSA) is 146 Å². The van der Waals surface area contributed by atoms with E-state index < -0.39 is 46.1 Å². The van der Waals surface area contributed by atoms with Crippen LogP contribution in [-0.4, -0.2) is 56.6 Å². The van der Waals surface area contributed by atoms with Crippen LogP contribution < -0.4 is 25.4 Å². The molecule has 3 atom stereocenters. The van der Waals surface area contributed by atoms with E-state index in [1.807, 2.05) is 0 Å². The van der Waals surface area contributed by atoms with Gasteiger partial charge in [0.2, 0.25) is 15.9 Å². The Morgan fingerprint density at radius 3 is 2.62 bits per heavy atom. The predicted octanol–water partition coefficient (Wildman–Crippen LogP) is 0.881. The average molecular weight is 499 g/mol. The maximum atomic E-state index is 14.2. The lowest BCUT2D eigenvalue weighted by atomic mass is 10.0. The molecule has 34 heavy (non-hydrogen) atoms. The van der Waals surface area contributed by atoms with Gasteiger partial charge in [0.25, 0.3) is 0 Å². The van der Waals surface area contributed by atoms with E-state index in [0.29, 0.717) is 30.9 Å². The molecule has 3 aliphatic rings. The molecule has 1 aliphatic heterocycles. The lowest BCUT2D eigenvalue weighted by molar-refractivity contribution is -0.126. The molecule has 10 nitrogen and oxygen atoms in total. The molecule has 3 amide bonds. The van der Waals surface area contributed by atoms with Gasteiger partial charge in [-0.2, -0.15) is 0 Å². The van der Waals surface area contributed by atoms with Crippen LogP contribution in [-0.2, 0) is 14.8 Å². The highest BCUT2D eigenvalue weighted by Crippen LogP contribution is 2.42. The smallest absolute Gasteiger partial charge is 0.323 e. The number of carbonyl (C=O) groups is 2. The average Bonchev–Trinajstić information content (AvgIpc) is 3.67. The second-order valence-electron chi connectivity index (χ2n) is 9.24. The zero-order valence-corrected chi connectivity index (χ0v) is 19.6. The Morgan fingerprint density at radius 2 is 1.94 bits per heavy atom. The minimum absolute atomic E-state index is 0.111. The number of aliphatic hydroxyl groups excluding tert-OH is 1. The Bertz CT molecular complexity index is 1010. The van der Waals surface area contributed by atoms with Gasteiger partial charge in [0.15, 0.2) is 17.8 Å². The van der Waals surface area contributed by atoms with Crippen molar-refractivity contribution in [2.24, 2.45) is 11.8 Å². The molecular formula is C22H31FN4O6S. The molecule has 1 heterocycles. The maximum absolute atomic E-state index is 14.2. The molecule has 188 valence electrons. The summed E-state index contributed by atoms with van der Waals surface area (Å²) in [6, 6.07) is 2.34. The first-order valence-electron chi connectivity index (χ1n) is 11.7. The summed E-state index contributed by atoms with van der Waals surface area (Å²) in [6.45, 7) is 0.756. The Kier molecular flexibility index (Phi) is 7.70. The fourth-order valence-corrected chi connectivity index (χ4v) is 5.32. The number of benzene rings is 1. The summed E-state index contributed by atoms with van der Waals surface area (Å²) < 4.78 is 48.0. The van der Waals surface area contributed by atoms with Crippen molar-refractivity contribution < 1.29 is 32.2 Å². The van der Waals surface area contributed by atoms with Crippen LogP contribution >= 0.6 is 0 Å². The van der Waals surface area contributed by atoms with Crippen molar-refractivity contribution in [1.82, 2.24) is 20.7 Å². The SMILES string of the molecule is O=C1NC(=O)C(NCCCCS(=O)(=O)N[C@@H](c2ccc(F)c(OCC3CC3)c2)C2CC2)C(O)N1. The normalized spacial score (nSPS) is 23.8. The Hall–Kier alpha value is -2.28. The van der Waals surface area contributed by atoms with Crippen LogP contribution in [0, 0.1) is 17.7 Å². The molecule has 4 rings (SSSR count). The number of unbranched alkanes of at least 4 members (excludes halogenated alkanes) is 1. The van der Waals surface area contributed by atoms with E-state index in [0.717, 1.165) is 25.7 Å². The van der Waals surface area contributed by atoms with Gasteiger partial charge in [-0.3, -0.25) is 10.1 Å². The van der Waals surface area contributed by atoms with E-state index in [2.05, 4.69) is 20.7 Å². The summed E-state index contributed by atoms with van der Waals surface area (Å²) in [5.41, 5.74) is 0.694. The molecule has 3 fully saturated rings. The molecule has 2 saturated carbocycles. The zero-order chi connectivity index (χ0) is 24.3. The highest BCUT2D eigenvalue weighted by atomic mass is 32.2. The van der Waals surface area contributed by atoms with Gasteiger partial charge in [0, 0.05) is 6.04 Å². The molecule has 0 aromatic heterocycles. The number of hydrogen-bond donors (Lipinski definition) is 5. The van der Waals surface area contributed by atoms with Crippen molar-refractivity contribution in [3.05, 3.63) is 29.6 Å². The highest BCUT2D eigenvalue weighted by molar-refractivity contribution is 7.89. The molecule has 2 aliphatic carbocycles. The van der Waals surface area contributed by atoms with Crippen molar-refractivity contribution in [1.29, 1.82) is 0 Å². The third-order valence-electron chi connectivity index (χ3n) is 6.20. The third kappa shape index (κ3) is 6.87. The van der Waals surface area contributed by atoms with Gasteiger partial charge in [0.05, 0.1) is 12.4 Å². The number of carbonyl (C=O) groups excluding carboxylic acids is 2. The predicted molar refractivity (Wildman–Crippen MR) is 121 cm³/mol. The lowest BCUT2D eigenvalue weighted by Gasteiger charge is -2.28. The molecule has 2 unspecified atom stereocenters. The van der Waals surface area contributed by atoms with Gasteiger partial charge in [-0.05, 0) is 74.6 Å². The summed E-state index contributed by atoms with van der Waals surface area (Å²) in [5, 5.41) is 16.8. The minimum atomic E-state index is -3.60. The van der Waals surface area contributed by atoms with Crippen LogP contribution in [0.1, 0.15) is 50.1 Å². The van der Waals surface area contributed by atoms with Gasteiger partial charge in [-0.25, -0.2) is 22.3 Å². The fraction of sp³-hybridized carbons (Fsp3) is 0.636. The molecule has 0 spiro atoms. The molecule has 0 bridgehead atoms. The summed E-state index contributed by atoms with van der Waals surface area (Å²) in [5.74, 6) is -0.404. The van der Waals surface area contributed by atoms with Crippen molar-refractivity contribution in [2.45, 2.75) is 56.8 Å². The molecule has 1 saturated heterocycles. The molecular weight excluding hydrogens is 467 g/mol. The number of hydrogen-bond acceptors (Lipinski definition) is 7. The van der Waals surface area contributed by atoms with Crippen LogP contribution in [0.25, 0.3) is 0 Å². The first kappa shape index (κ1) is 24.8. The zero-order valence-electron chi connectivity index (χ0n) is 18.8. The molecule has 1 aromatic rings. The Balaban J connectivity index is 1.27. The first-order valence-corrected chi connectivity index (χ1v) is 13.3. The van der Waals surface area contributed by atoms with Crippen molar-refractivity contribution in [3.8, 4) is 5.75 Å². The van der Waals surface area contributed by atoms with Crippen LogP contribution in [0.5, 0.6) is 5.75 Å². The summed E-state index contributed by atoms with van der Waals surface area (Å²) in [7, 11) is -3.60. The number of nitrogens with one attached hydrogen (secondary N) is 4.